The number of hydrogen-bond acceptors (Lipinski definition) is 6. The molecule has 0 radical (unpaired) electrons. The Hall–Kier alpha value is -2.19. The highest BCUT2D eigenvalue weighted by molar-refractivity contribution is 5.76. The van der Waals surface area contributed by atoms with E-state index in [0.717, 1.165) is 0 Å². The molecule has 0 aliphatic carbocycles. The van der Waals surface area contributed by atoms with Crippen molar-refractivity contribution >= 4 is 23.0 Å². The van der Waals surface area contributed by atoms with Crippen molar-refractivity contribution in [3.8, 4) is 0 Å². The SMILES string of the molecule is CN(CC(N)=O)C[C@H]1CN(c2nc3cc(F)ccc3o2)CCO1. The highest BCUT2D eigenvalue weighted by Gasteiger charge is 2.25. The van der Waals surface area contributed by atoms with Crippen LogP contribution < -0.4 is 10.6 Å². The highest BCUT2D eigenvalue weighted by atomic mass is 19.1. The van der Waals surface area contributed by atoms with Crippen LogP contribution in [0.25, 0.3) is 11.1 Å². The standard InChI is InChI=1S/C15H19FN4O3/c1-19(9-14(17)21)7-11-8-20(4-5-22-11)15-18-12-6-10(16)2-3-13(12)23-15/h2-3,6,11H,4-5,7-9H2,1H3,(H2,17,21)/t11-/m0/s1. The van der Waals surface area contributed by atoms with E-state index < -0.39 is 0 Å². The number of carbonyl (C=O) groups excluding carboxylic acids is 1. The van der Waals surface area contributed by atoms with E-state index in [9.17, 15) is 9.18 Å². The molecule has 1 aromatic carbocycles. The summed E-state index contributed by atoms with van der Waals surface area (Å²) in [5.41, 5.74) is 6.23. The molecule has 23 heavy (non-hydrogen) atoms. The lowest BCUT2D eigenvalue weighted by Gasteiger charge is -2.33. The van der Waals surface area contributed by atoms with Crippen LogP contribution in [0.1, 0.15) is 0 Å². The van der Waals surface area contributed by atoms with Gasteiger partial charge in [0.25, 0.3) is 6.01 Å². The van der Waals surface area contributed by atoms with E-state index in [-0.39, 0.29) is 24.4 Å². The predicted molar refractivity (Wildman–Crippen MR) is 82.6 cm³/mol. The monoisotopic (exact) mass is 322 g/mol. The number of carbonyl (C=O) groups is 1. The molecular weight excluding hydrogens is 303 g/mol. The van der Waals surface area contributed by atoms with Crippen LogP contribution in [0.5, 0.6) is 0 Å². The van der Waals surface area contributed by atoms with Crippen molar-refractivity contribution in [3.05, 3.63) is 24.0 Å². The molecule has 2 heterocycles. The molecular formula is C15H19FN4O3. The fourth-order valence-corrected chi connectivity index (χ4v) is 2.71. The quantitative estimate of drug-likeness (QED) is 0.867. The molecule has 7 nitrogen and oxygen atoms in total. The maximum Gasteiger partial charge on any atom is 0.298 e. The van der Waals surface area contributed by atoms with Gasteiger partial charge in [0, 0.05) is 25.7 Å². The average Bonchev–Trinajstić information content (AvgIpc) is 2.89. The molecule has 3 rings (SSSR count). The summed E-state index contributed by atoms with van der Waals surface area (Å²) in [6, 6.07) is 4.72. The zero-order valence-electron chi connectivity index (χ0n) is 12.9. The minimum absolute atomic E-state index is 0.0835. The summed E-state index contributed by atoms with van der Waals surface area (Å²) in [5, 5.41) is 0. The van der Waals surface area contributed by atoms with Crippen LogP contribution in [-0.4, -0.2) is 61.7 Å². The first-order valence-electron chi connectivity index (χ1n) is 7.41. The first-order valence-corrected chi connectivity index (χ1v) is 7.41. The number of rotatable bonds is 5. The number of fused-ring (bicyclic) bond motifs is 1. The smallest absolute Gasteiger partial charge is 0.298 e. The maximum atomic E-state index is 13.2. The summed E-state index contributed by atoms with van der Waals surface area (Å²) < 4.78 is 24.6. The molecule has 1 aromatic heterocycles. The molecule has 0 bridgehead atoms. The van der Waals surface area contributed by atoms with Gasteiger partial charge in [0.2, 0.25) is 5.91 Å². The topological polar surface area (TPSA) is 84.8 Å². The second-order valence-corrected chi connectivity index (χ2v) is 5.71. The van der Waals surface area contributed by atoms with Crippen LogP contribution in [0.2, 0.25) is 0 Å². The van der Waals surface area contributed by atoms with E-state index in [4.69, 9.17) is 14.9 Å². The van der Waals surface area contributed by atoms with Crippen molar-refractivity contribution in [1.82, 2.24) is 9.88 Å². The summed E-state index contributed by atoms with van der Waals surface area (Å²) in [5.74, 6) is -0.716. The summed E-state index contributed by atoms with van der Waals surface area (Å²) >= 11 is 0. The van der Waals surface area contributed by atoms with E-state index in [2.05, 4.69) is 4.98 Å². The zero-order valence-corrected chi connectivity index (χ0v) is 12.9. The molecule has 124 valence electrons. The molecule has 1 atom stereocenters. The Morgan fingerprint density at radius 1 is 1.57 bits per heavy atom. The number of likely N-dealkylation sites (N-methyl/N-ethyl adjacent to an activating group) is 1. The average molecular weight is 322 g/mol. The molecule has 1 amide bonds. The highest BCUT2D eigenvalue weighted by Crippen LogP contribution is 2.24. The first kappa shape index (κ1) is 15.7. The Bertz CT molecular complexity index is 705. The third-order valence-corrected chi connectivity index (χ3v) is 3.69. The number of ether oxygens (including phenoxy) is 1. The number of aromatic nitrogens is 1. The maximum absolute atomic E-state index is 13.2. The van der Waals surface area contributed by atoms with Crippen LogP contribution in [0.4, 0.5) is 10.4 Å². The summed E-state index contributed by atoms with van der Waals surface area (Å²) in [4.78, 5) is 19.1. The molecule has 2 aromatic rings. The number of primary amides is 1. The number of anilines is 1. The number of oxazole rings is 1. The van der Waals surface area contributed by atoms with E-state index in [1.807, 2.05) is 16.8 Å². The van der Waals surface area contributed by atoms with Gasteiger partial charge < -0.3 is 19.8 Å². The molecule has 0 spiro atoms. The fraction of sp³-hybridized carbons (Fsp3) is 0.467. The van der Waals surface area contributed by atoms with Crippen molar-refractivity contribution in [1.29, 1.82) is 0 Å². The molecule has 1 fully saturated rings. The van der Waals surface area contributed by atoms with Crippen molar-refractivity contribution in [3.63, 3.8) is 0 Å². The lowest BCUT2D eigenvalue weighted by atomic mass is 10.2. The second kappa shape index (κ2) is 6.51. The summed E-state index contributed by atoms with van der Waals surface area (Å²) in [6.07, 6.45) is -0.0835. The van der Waals surface area contributed by atoms with Gasteiger partial charge >= 0.3 is 0 Å². The summed E-state index contributed by atoms with van der Waals surface area (Å²) in [7, 11) is 1.81. The third-order valence-electron chi connectivity index (χ3n) is 3.69. The van der Waals surface area contributed by atoms with Gasteiger partial charge in [0.05, 0.1) is 19.3 Å². The number of nitrogens with two attached hydrogens (primary N) is 1. The van der Waals surface area contributed by atoms with E-state index >= 15 is 0 Å². The Labute approximate surface area is 132 Å². The lowest BCUT2D eigenvalue weighted by molar-refractivity contribution is -0.119. The minimum atomic E-state index is -0.374. The van der Waals surface area contributed by atoms with Crippen molar-refractivity contribution < 1.29 is 18.3 Å². The summed E-state index contributed by atoms with van der Waals surface area (Å²) in [6.45, 7) is 2.52. The first-order chi connectivity index (χ1) is 11.0. The van der Waals surface area contributed by atoms with Gasteiger partial charge in [-0.2, -0.15) is 4.98 Å². The van der Waals surface area contributed by atoms with Gasteiger partial charge in [-0.25, -0.2) is 4.39 Å². The Balaban J connectivity index is 1.68. The molecule has 0 saturated carbocycles. The number of nitrogens with zero attached hydrogens (tertiary/aromatic N) is 3. The van der Waals surface area contributed by atoms with Crippen LogP contribution in [0.3, 0.4) is 0 Å². The number of benzene rings is 1. The molecule has 2 N–H and O–H groups in total. The molecule has 1 aliphatic heterocycles. The predicted octanol–water partition coefficient (Wildman–Crippen LogP) is 0.589. The van der Waals surface area contributed by atoms with Gasteiger partial charge in [0.15, 0.2) is 5.58 Å². The second-order valence-electron chi connectivity index (χ2n) is 5.71. The van der Waals surface area contributed by atoms with Crippen LogP contribution in [0.15, 0.2) is 22.6 Å². The van der Waals surface area contributed by atoms with E-state index in [0.29, 0.717) is 43.4 Å². The molecule has 1 saturated heterocycles. The van der Waals surface area contributed by atoms with E-state index in [1.165, 1.54) is 12.1 Å². The Morgan fingerprint density at radius 2 is 2.39 bits per heavy atom. The number of amides is 1. The van der Waals surface area contributed by atoms with Crippen molar-refractivity contribution in [2.75, 3.05) is 44.7 Å². The van der Waals surface area contributed by atoms with Crippen molar-refractivity contribution in [2.24, 2.45) is 5.73 Å². The minimum Gasteiger partial charge on any atom is -0.423 e. The van der Waals surface area contributed by atoms with Gasteiger partial charge in [-0.15, -0.1) is 0 Å². The van der Waals surface area contributed by atoms with E-state index in [1.54, 1.807) is 6.07 Å². The molecule has 0 unspecified atom stereocenters. The molecule has 8 heteroatoms. The lowest BCUT2D eigenvalue weighted by Crippen LogP contribution is -2.48. The van der Waals surface area contributed by atoms with Crippen LogP contribution in [0, 0.1) is 5.82 Å². The fourth-order valence-electron chi connectivity index (χ4n) is 2.71. The Morgan fingerprint density at radius 3 is 3.17 bits per heavy atom. The van der Waals surface area contributed by atoms with Crippen molar-refractivity contribution in [2.45, 2.75) is 6.10 Å². The van der Waals surface area contributed by atoms with Gasteiger partial charge in [-0.05, 0) is 19.2 Å². The van der Waals surface area contributed by atoms with Gasteiger partial charge in [0.1, 0.15) is 11.3 Å². The number of halogens is 1. The van der Waals surface area contributed by atoms with Gasteiger partial charge in [-0.1, -0.05) is 0 Å². The van der Waals surface area contributed by atoms with Gasteiger partial charge in [-0.3, -0.25) is 9.69 Å². The van der Waals surface area contributed by atoms with Crippen LogP contribution >= 0.6 is 0 Å². The number of hydrogen-bond donors (Lipinski definition) is 1. The van der Waals surface area contributed by atoms with Crippen LogP contribution in [-0.2, 0) is 9.53 Å². The Kier molecular flexibility index (Phi) is 4.44. The normalized spacial score (nSPS) is 18.7. The zero-order chi connectivity index (χ0) is 16.4. The third kappa shape index (κ3) is 3.77. The number of morpholine rings is 1. The molecule has 1 aliphatic rings. The largest absolute Gasteiger partial charge is 0.423 e.